The fraction of sp³-hybridized carbons (Fsp3) is 0.767. The van der Waals surface area contributed by atoms with Gasteiger partial charge in [-0.2, -0.15) is 0 Å². The summed E-state index contributed by atoms with van der Waals surface area (Å²) in [6.07, 6.45) is 5.15. The van der Waals surface area contributed by atoms with Crippen molar-refractivity contribution in [2.75, 3.05) is 6.61 Å². The van der Waals surface area contributed by atoms with Crippen LogP contribution in [0.25, 0.3) is 0 Å². The highest BCUT2D eigenvalue weighted by molar-refractivity contribution is 5.94. The summed E-state index contributed by atoms with van der Waals surface area (Å²) in [5.41, 5.74) is -0.750. The molecule has 4 atom stereocenters. The van der Waals surface area contributed by atoms with Gasteiger partial charge in [-0.05, 0) is 64.7 Å². The number of rotatable bonds is 9. The molecule has 0 aliphatic carbocycles. The molecule has 0 aromatic rings. The smallest absolute Gasteiger partial charge is 0.408 e. The second kappa shape index (κ2) is 17.0. The highest BCUT2D eigenvalue weighted by Gasteiger charge is 2.33. The number of hydrogen-bond donors (Lipinski definition) is 3. The molecule has 3 amide bonds. The molecule has 1 aliphatic rings. The molecule has 10 nitrogen and oxygen atoms in total. The third-order valence-electron chi connectivity index (χ3n) is 6.25. The minimum atomic E-state index is -0.963. The molecule has 0 spiro atoms. The van der Waals surface area contributed by atoms with Crippen LogP contribution in [0, 0.1) is 17.8 Å². The molecule has 3 N–H and O–H groups in total. The maximum absolute atomic E-state index is 13.4. The molecule has 0 aromatic carbocycles. The predicted octanol–water partition coefficient (Wildman–Crippen LogP) is 4.21. The van der Waals surface area contributed by atoms with Crippen LogP contribution in [0.15, 0.2) is 12.2 Å². The topological polar surface area (TPSA) is 140 Å². The van der Waals surface area contributed by atoms with E-state index in [2.05, 4.69) is 16.0 Å². The van der Waals surface area contributed by atoms with E-state index in [-0.39, 0.29) is 43.5 Å². The van der Waals surface area contributed by atoms with E-state index in [0.717, 1.165) is 6.42 Å². The van der Waals surface area contributed by atoms with Crippen LogP contribution in [-0.4, -0.2) is 60.0 Å². The fourth-order valence-corrected chi connectivity index (χ4v) is 4.32. The first-order chi connectivity index (χ1) is 18.6. The van der Waals surface area contributed by atoms with Crippen LogP contribution in [0.2, 0.25) is 0 Å². The van der Waals surface area contributed by atoms with E-state index in [9.17, 15) is 24.0 Å². The Morgan fingerprint density at radius 1 is 0.975 bits per heavy atom. The van der Waals surface area contributed by atoms with Crippen molar-refractivity contribution >= 4 is 29.7 Å². The van der Waals surface area contributed by atoms with Crippen molar-refractivity contribution < 1.29 is 33.4 Å². The number of esters is 1. The van der Waals surface area contributed by atoms with Crippen LogP contribution in [0.1, 0.15) is 100 Å². The van der Waals surface area contributed by atoms with Gasteiger partial charge in [-0.1, -0.05) is 53.2 Å². The average Bonchev–Trinajstić information content (AvgIpc) is 2.81. The Balaban J connectivity index is 3.37. The summed E-state index contributed by atoms with van der Waals surface area (Å²) in [6.45, 7) is 15.2. The van der Waals surface area contributed by atoms with E-state index in [1.165, 1.54) is 0 Å². The molecule has 10 heteroatoms. The molecule has 0 saturated carbocycles. The van der Waals surface area contributed by atoms with Crippen molar-refractivity contribution in [1.82, 2.24) is 16.0 Å². The monoisotopic (exact) mass is 565 g/mol. The summed E-state index contributed by atoms with van der Waals surface area (Å²) in [6, 6.07) is -2.77. The Morgan fingerprint density at radius 3 is 2.17 bits per heavy atom. The van der Waals surface area contributed by atoms with E-state index < -0.39 is 53.5 Å². The minimum Gasteiger partial charge on any atom is -0.464 e. The van der Waals surface area contributed by atoms with Gasteiger partial charge in [-0.15, -0.1) is 0 Å². The lowest BCUT2D eigenvalue weighted by Crippen LogP contribution is -2.53. The lowest BCUT2D eigenvalue weighted by atomic mass is 9.88. The molecule has 0 bridgehead atoms. The van der Waals surface area contributed by atoms with Gasteiger partial charge >= 0.3 is 12.1 Å². The first-order valence-electron chi connectivity index (χ1n) is 14.6. The normalized spacial score (nSPS) is 23.3. The second-order valence-electron chi connectivity index (χ2n) is 12.4. The summed E-state index contributed by atoms with van der Waals surface area (Å²) < 4.78 is 10.7. The third kappa shape index (κ3) is 13.9. The lowest BCUT2D eigenvalue weighted by molar-refractivity contribution is -0.148. The van der Waals surface area contributed by atoms with Crippen molar-refractivity contribution in [3.63, 3.8) is 0 Å². The molecule has 0 aromatic heterocycles. The lowest BCUT2D eigenvalue weighted by Gasteiger charge is -2.27. The third-order valence-corrected chi connectivity index (χ3v) is 6.25. The Morgan fingerprint density at radius 2 is 1.60 bits per heavy atom. The van der Waals surface area contributed by atoms with E-state index in [0.29, 0.717) is 19.3 Å². The Hall–Kier alpha value is -2.91. The van der Waals surface area contributed by atoms with Crippen LogP contribution < -0.4 is 16.0 Å². The quantitative estimate of drug-likeness (QED) is 0.216. The standard InChI is InChI=1S/C30H51N3O7/c1-9-10-15-39-28(37)23-14-12-11-13-22(33-29(38)40-30(6,7)8)25(34)18-21(16-19(2)3)26(35)32-24(17-20(4)5)27(36)31-23/h11-12,19-24H,9-10,13-18H2,1-8H3,(H,31,36)(H,32,35)(H,33,38)/t21-,22+,23+,24+/m1/s1. The van der Waals surface area contributed by atoms with Crippen molar-refractivity contribution in [1.29, 1.82) is 0 Å². The molecular formula is C30H51N3O7. The zero-order valence-corrected chi connectivity index (χ0v) is 25.6. The molecule has 0 unspecified atom stereocenters. The SMILES string of the molecule is CCCCOC(=O)[C@@H]1CC=CC[C@H](NC(=O)OC(C)(C)C)C(=O)C[C@@H](CC(C)C)C(=O)N[C@@H](CC(C)C)C(=O)N1. The average molecular weight is 566 g/mol. The summed E-state index contributed by atoms with van der Waals surface area (Å²) in [5, 5.41) is 8.26. The van der Waals surface area contributed by atoms with Crippen LogP contribution in [0.3, 0.4) is 0 Å². The highest BCUT2D eigenvalue weighted by atomic mass is 16.6. The van der Waals surface area contributed by atoms with Crippen LogP contribution >= 0.6 is 0 Å². The van der Waals surface area contributed by atoms with Gasteiger partial charge in [0, 0.05) is 12.3 Å². The van der Waals surface area contributed by atoms with Crippen molar-refractivity contribution in [3.8, 4) is 0 Å². The van der Waals surface area contributed by atoms with Gasteiger partial charge < -0.3 is 25.4 Å². The molecule has 1 rings (SSSR count). The largest absolute Gasteiger partial charge is 0.464 e. The predicted molar refractivity (Wildman–Crippen MR) is 153 cm³/mol. The fourth-order valence-electron chi connectivity index (χ4n) is 4.32. The maximum atomic E-state index is 13.4. The number of ketones is 1. The molecular weight excluding hydrogens is 514 g/mol. The van der Waals surface area contributed by atoms with Gasteiger partial charge in [0.2, 0.25) is 11.8 Å². The highest BCUT2D eigenvalue weighted by Crippen LogP contribution is 2.20. The molecule has 1 heterocycles. The van der Waals surface area contributed by atoms with Crippen LogP contribution in [-0.2, 0) is 28.7 Å². The number of hydrogen-bond acceptors (Lipinski definition) is 7. The van der Waals surface area contributed by atoms with Crippen molar-refractivity contribution in [2.45, 2.75) is 124 Å². The van der Waals surface area contributed by atoms with E-state index >= 15 is 0 Å². The van der Waals surface area contributed by atoms with E-state index in [1.54, 1.807) is 32.9 Å². The van der Waals surface area contributed by atoms with Gasteiger partial charge in [0.15, 0.2) is 5.78 Å². The zero-order valence-electron chi connectivity index (χ0n) is 25.6. The number of nitrogens with one attached hydrogen (secondary N) is 3. The maximum Gasteiger partial charge on any atom is 0.408 e. The number of carbonyl (C=O) groups excluding carboxylic acids is 5. The van der Waals surface area contributed by atoms with Gasteiger partial charge in [0.1, 0.15) is 17.7 Å². The number of amides is 3. The van der Waals surface area contributed by atoms with Gasteiger partial charge in [-0.25, -0.2) is 9.59 Å². The van der Waals surface area contributed by atoms with Gasteiger partial charge in [0.25, 0.3) is 0 Å². The van der Waals surface area contributed by atoms with Crippen molar-refractivity contribution in [2.24, 2.45) is 17.8 Å². The van der Waals surface area contributed by atoms with Crippen LogP contribution in [0.4, 0.5) is 4.79 Å². The Bertz CT molecular complexity index is 892. The first kappa shape index (κ1) is 35.1. The first-order valence-corrected chi connectivity index (χ1v) is 14.6. The minimum absolute atomic E-state index is 0.0809. The summed E-state index contributed by atoms with van der Waals surface area (Å²) >= 11 is 0. The van der Waals surface area contributed by atoms with Gasteiger partial charge in [0.05, 0.1) is 12.6 Å². The zero-order chi connectivity index (χ0) is 30.5. The number of ether oxygens (including phenoxy) is 2. The summed E-state index contributed by atoms with van der Waals surface area (Å²) in [5.74, 6) is -2.26. The van der Waals surface area contributed by atoms with Crippen molar-refractivity contribution in [3.05, 3.63) is 12.2 Å². The van der Waals surface area contributed by atoms with E-state index in [1.807, 2.05) is 34.6 Å². The Kier molecular flexibility index (Phi) is 14.9. The van der Waals surface area contributed by atoms with E-state index in [4.69, 9.17) is 9.47 Å². The second-order valence-corrected chi connectivity index (χ2v) is 12.4. The number of carbonyl (C=O) groups is 5. The Labute approximate surface area is 239 Å². The summed E-state index contributed by atoms with van der Waals surface area (Å²) in [4.78, 5) is 65.5. The molecule has 1 aliphatic heterocycles. The number of Topliss-reactive ketones (excluding diaryl/α,β-unsaturated/α-hetero) is 1. The number of unbranched alkanes of at least 4 members (excludes halogenated alkanes) is 1. The molecule has 228 valence electrons. The summed E-state index contributed by atoms with van der Waals surface area (Å²) in [7, 11) is 0. The number of alkyl carbamates (subject to hydrolysis) is 1. The van der Waals surface area contributed by atoms with Gasteiger partial charge in [-0.3, -0.25) is 14.4 Å². The molecule has 0 saturated heterocycles. The molecule has 0 radical (unpaired) electrons. The molecule has 40 heavy (non-hydrogen) atoms. The van der Waals surface area contributed by atoms with Crippen LogP contribution in [0.5, 0.6) is 0 Å². The molecule has 0 fully saturated rings.